The molecule has 2 aromatic rings. The smallest absolute Gasteiger partial charge is 0.212 e. The number of carbonyl (C=O) groups excluding carboxylic acids is 1. The van der Waals surface area contributed by atoms with Crippen LogP contribution < -0.4 is 5.73 Å². The molecule has 0 bridgehead atoms. The van der Waals surface area contributed by atoms with E-state index in [2.05, 4.69) is 10.3 Å². The van der Waals surface area contributed by atoms with Crippen molar-refractivity contribution in [2.24, 2.45) is 0 Å². The molecule has 2 rings (SSSR count). The Balaban J connectivity index is 2.35. The lowest BCUT2D eigenvalue weighted by Crippen LogP contribution is -2.12. The van der Waals surface area contributed by atoms with Gasteiger partial charge in [0.1, 0.15) is 5.69 Å². The first-order valence-electron chi connectivity index (χ1n) is 5.92. The van der Waals surface area contributed by atoms with Crippen molar-refractivity contribution in [3.05, 3.63) is 41.2 Å². The van der Waals surface area contributed by atoms with Crippen LogP contribution in [0.5, 0.6) is 0 Å². The highest BCUT2D eigenvalue weighted by Crippen LogP contribution is 2.16. The number of rotatable bonds is 4. The zero-order valence-electron chi connectivity index (χ0n) is 10.6. The Hall–Kier alpha value is -2.17. The number of hydrogen-bond donors (Lipinski definition) is 1. The van der Waals surface area contributed by atoms with Gasteiger partial charge in [0, 0.05) is 17.8 Å². The molecular formula is C13H16N4O. The third-order valence-electron chi connectivity index (χ3n) is 2.83. The fraction of sp³-hybridized carbons (Fsp3) is 0.308. The van der Waals surface area contributed by atoms with Crippen LogP contribution in [0.3, 0.4) is 0 Å². The second-order valence-corrected chi connectivity index (χ2v) is 4.24. The average molecular weight is 244 g/mol. The van der Waals surface area contributed by atoms with E-state index in [1.807, 2.05) is 19.9 Å². The van der Waals surface area contributed by atoms with Gasteiger partial charge >= 0.3 is 0 Å². The molecule has 0 spiro atoms. The molecule has 1 heterocycles. The van der Waals surface area contributed by atoms with Crippen molar-refractivity contribution in [3.8, 4) is 0 Å². The molecule has 0 aliphatic carbocycles. The Morgan fingerprint density at radius 3 is 2.89 bits per heavy atom. The van der Waals surface area contributed by atoms with Gasteiger partial charge in [0.2, 0.25) is 5.78 Å². The molecule has 5 heteroatoms. The molecule has 0 atom stereocenters. The third-order valence-corrected chi connectivity index (χ3v) is 2.83. The number of benzene rings is 1. The molecule has 0 fully saturated rings. The van der Waals surface area contributed by atoms with Gasteiger partial charge in [-0.1, -0.05) is 24.3 Å². The number of hydrogen-bond acceptors (Lipinski definition) is 4. The van der Waals surface area contributed by atoms with Crippen molar-refractivity contribution in [1.29, 1.82) is 0 Å². The number of aryl methyl sites for hydroxylation is 2. The minimum Gasteiger partial charge on any atom is -0.398 e. The van der Waals surface area contributed by atoms with Gasteiger partial charge in [-0.3, -0.25) is 4.79 Å². The van der Waals surface area contributed by atoms with Gasteiger partial charge in [0.05, 0.1) is 6.20 Å². The average Bonchev–Trinajstić information content (AvgIpc) is 2.80. The lowest BCUT2D eigenvalue weighted by Gasteiger charge is -2.06. The molecule has 0 aliphatic heterocycles. The quantitative estimate of drug-likeness (QED) is 0.657. The maximum Gasteiger partial charge on any atom is 0.212 e. The lowest BCUT2D eigenvalue weighted by molar-refractivity contribution is 0.102. The largest absolute Gasteiger partial charge is 0.398 e. The number of ketones is 1. The van der Waals surface area contributed by atoms with Crippen LogP contribution in [0.15, 0.2) is 24.4 Å². The molecule has 0 aliphatic rings. The van der Waals surface area contributed by atoms with Crippen molar-refractivity contribution in [2.45, 2.75) is 26.8 Å². The number of carbonyl (C=O) groups is 1. The van der Waals surface area contributed by atoms with Crippen molar-refractivity contribution < 1.29 is 4.79 Å². The van der Waals surface area contributed by atoms with Gasteiger partial charge in [-0.15, -0.1) is 5.10 Å². The summed E-state index contributed by atoms with van der Waals surface area (Å²) in [6.07, 6.45) is 2.40. The number of aromatic nitrogens is 3. The van der Waals surface area contributed by atoms with E-state index in [0.29, 0.717) is 23.5 Å². The Bertz CT molecular complexity index is 574. The van der Waals surface area contributed by atoms with Crippen LogP contribution in [0.1, 0.15) is 35.0 Å². The first kappa shape index (κ1) is 12.3. The van der Waals surface area contributed by atoms with E-state index >= 15 is 0 Å². The normalized spacial score (nSPS) is 10.6. The number of nitrogen functional groups attached to an aromatic ring is 1. The summed E-state index contributed by atoms with van der Waals surface area (Å²) < 4.78 is 1.62. The predicted molar refractivity (Wildman–Crippen MR) is 69.3 cm³/mol. The third kappa shape index (κ3) is 2.25. The molecule has 0 radical (unpaired) electrons. The van der Waals surface area contributed by atoms with Crippen LogP contribution in [0.25, 0.3) is 0 Å². The Morgan fingerprint density at radius 1 is 1.44 bits per heavy atom. The van der Waals surface area contributed by atoms with Gasteiger partial charge in [0.25, 0.3) is 0 Å². The van der Waals surface area contributed by atoms with E-state index in [0.717, 1.165) is 12.0 Å². The van der Waals surface area contributed by atoms with Crippen LogP contribution >= 0.6 is 0 Å². The lowest BCUT2D eigenvalue weighted by atomic mass is 10.1. The summed E-state index contributed by atoms with van der Waals surface area (Å²) in [4.78, 5) is 12.3. The minimum absolute atomic E-state index is 0.0971. The van der Waals surface area contributed by atoms with Crippen LogP contribution in [0, 0.1) is 6.92 Å². The standard InChI is InChI=1S/C13H16N4O/c1-3-6-17-12(8-15-16-17)13(18)10-5-4-9(2)11(14)7-10/h4-5,7-8H,3,6,14H2,1-2H3. The Morgan fingerprint density at radius 2 is 2.22 bits per heavy atom. The predicted octanol–water partition coefficient (Wildman–Crippen LogP) is 1.81. The zero-order chi connectivity index (χ0) is 13.1. The topological polar surface area (TPSA) is 73.8 Å². The molecule has 0 amide bonds. The van der Waals surface area contributed by atoms with Crippen LogP contribution in [0.4, 0.5) is 5.69 Å². The highest BCUT2D eigenvalue weighted by molar-refractivity contribution is 6.08. The monoisotopic (exact) mass is 244 g/mol. The van der Waals surface area contributed by atoms with E-state index in [1.165, 1.54) is 6.20 Å². The van der Waals surface area contributed by atoms with E-state index in [9.17, 15) is 4.79 Å². The highest BCUT2D eigenvalue weighted by Gasteiger charge is 2.15. The molecule has 2 N–H and O–H groups in total. The van der Waals surface area contributed by atoms with Crippen molar-refractivity contribution in [1.82, 2.24) is 15.0 Å². The summed E-state index contributed by atoms with van der Waals surface area (Å²) in [7, 11) is 0. The van der Waals surface area contributed by atoms with Gasteiger partial charge in [0.15, 0.2) is 0 Å². The second-order valence-electron chi connectivity index (χ2n) is 4.24. The fourth-order valence-corrected chi connectivity index (χ4v) is 1.74. The fourth-order valence-electron chi connectivity index (χ4n) is 1.74. The van der Waals surface area contributed by atoms with E-state index in [-0.39, 0.29) is 5.78 Å². The molecule has 94 valence electrons. The molecule has 0 saturated heterocycles. The molecule has 1 aromatic carbocycles. The maximum absolute atomic E-state index is 12.3. The molecule has 0 unspecified atom stereocenters. The molecular weight excluding hydrogens is 228 g/mol. The summed E-state index contributed by atoms with van der Waals surface area (Å²) in [5.74, 6) is -0.0971. The van der Waals surface area contributed by atoms with E-state index < -0.39 is 0 Å². The molecule has 5 nitrogen and oxygen atoms in total. The summed E-state index contributed by atoms with van der Waals surface area (Å²) in [5, 5.41) is 7.70. The van der Waals surface area contributed by atoms with Gasteiger partial charge in [-0.25, -0.2) is 4.68 Å². The van der Waals surface area contributed by atoms with E-state index in [4.69, 9.17) is 5.73 Å². The zero-order valence-corrected chi connectivity index (χ0v) is 10.6. The molecule has 18 heavy (non-hydrogen) atoms. The SMILES string of the molecule is CCCn1nncc1C(=O)c1ccc(C)c(N)c1. The van der Waals surface area contributed by atoms with Crippen LogP contribution in [-0.2, 0) is 6.54 Å². The first-order chi connectivity index (χ1) is 8.63. The van der Waals surface area contributed by atoms with Crippen molar-refractivity contribution >= 4 is 11.5 Å². The number of nitrogens with zero attached hydrogens (tertiary/aromatic N) is 3. The van der Waals surface area contributed by atoms with Gasteiger partial charge in [-0.05, 0) is 25.0 Å². The first-order valence-corrected chi connectivity index (χ1v) is 5.92. The highest BCUT2D eigenvalue weighted by atomic mass is 16.1. The number of nitrogens with two attached hydrogens (primary N) is 1. The Kier molecular flexibility index (Phi) is 3.41. The maximum atomic E-state index is 12.3. The summed E-state index contributed by atoms with van der Waals surface area (Å²) >= 11 is 0. The minimum atomic E-state index is -0.0971. The van der Waals surface area contributed by atoms with Crippen LogP contribution in [0.2, 0.25) is 0 Å². The summed E-state index contributed by atoms with van der Waals surface area (Å²) in [5.41, 5.74) is 8.47. The summed E-state index contributed by atoms with van der Waals surface area (Å²) in [6, 6.07) is 5.31. The van der Waals surface area contributed by atoms with Crippen molar-refractivity contribution in [2.75, 3.05) is 5.73 Å². The Labute approximate surface area is 106 Å². The van der Waals surface area contributed by atoms with Gasteiger partial charge < -0.3 is 5.73 Å². The molecule has 1 aromatic heterocycles. The van der Waals surface area contributed by atoms with Crippen molar-refractivity contribution in [3.63, 3.8) is 0 Å². The van der Waals surface area contributed by atoms with Gasteiger partial charge in [-0.2, -0.15) is 0 Å². The second kappa shape index (κ2) is 5.00. The number of anilines is 1. The summed E-state index contributed by atoms with van der Waals surface area (Å²) in [6.45, 7) is 4.62. The molecule has 0 saturated carbocycles. The van der Waals surface area contributed by atoms with Crippen LogP contribution in [-0.4, -0.2) is 20.8 Å². The van der Waals surface area contributed by atoms with E-state index in [1.54, 1.807) is 16.8 Å².